The lowest BCUT2D eigenvalue weighted by Crippen LogP contribution is -2.05. The maximum Gasteiger partial charge on any atom is 0.257 e. The van der Waals surface area contributed by atoms with Gasteiger partial charge in [0, 0.05) is 6.20 Å². The van der Waals surface area contributed by atoms with Gasteiger partial charge in [0.25, 0.3) is 5.56 Å². The van der Waals surface area contributed by atoms with Gasteiger partial charge in [-0.2, -0.15) is 0 Å². The Bertz CT molecular complexity index is 518. The van der Waals surface area contributed by atoms with Crippen LogP contribution in [-0.4, -0.2) is 9.97 Å². The molecular formula is C9H7ClN2O. The van der Waals surface area contributed by atoms with Gasteiger partial charge in [-0.25, -0.2) is 4.98 Å². The Kier molecular flexibility index (Phi) is 1.81. The number of aromatic nitrogens is 2. The molecular weight excluding hydrogens is 188 g/mol. The van der Waals surface area contributed by atoms with E-state index in [9.17, 15) is 4.79 Å². The van der Waals surface area contributed by atoms with E-state index in [-0.39, 0.29) is 5.56 Å². The molecule has 4 heteroatoms. The van der Waals surface area contributed by atoms with Crippen LogP contribution in [0.25, 0.3) is 10.9 Å². The summed E-state index contributed by atoms with van der Waals surface area (Å²) in [5, 5.41) is 1.02. The van der Waals surface area contributed by atoms with Crippen LogP contribution < -0.4 is 5.56 Å². The molecule has 0 fully saturated rings. The second kappa shape index (κ2) is 2.85. The van der Waals surface area contributed by atoms with Crippen LogP contribution >= 0.6 is 11.6 Å². The summed E-state index contributed by atoms with van der Waals surface area (Å²) in [4.78, 5) is 18.0. The van der Waals surface area contributed by atoms with Gasteiger partial charge in [-0.1, -0.05) is 11.6 Å². The highest BCUT2D eigenvalue weighted by molar-refractivity contribution is 6.30. The Hall–Kier alpha value is -1.35. The minimum Gasteiger partial charge on any atom is -0.328 e. The molecule has 0 aliphatic carbocycles. The molecule has 13 heavy (non-hydrogen) atoms. The van der Waals surface area contributed by atoms with Gasteiger partial charge in [0.05, 0.1) is 10.9 Å². The van der Waals surface area contributed by atoms with E-state index in [1.54, 1.807) is 18.3 Å². The number of hydrogen-bond donors (Lipinski definition) is 1. The summed E-state index contributed by atoms with van der Waals surface area (Å²) in [6.07, 6.45) is 1.56. The molecule has 0 unspecified atom stereocenters. The molecule has 0 spiro atoms. The number of rotatable bonds is 0. The number of nitrogens with one attached hydrogen (secondary N) is 1. The molecule has 0 bridgehead atoms. The third-order valence-corrected chi connectivity index (χ3v) is 2.26. The summed E-state index contributed by atoms with van der Waals surface area (Å²) in [6.45, 7) is 1.82. The number of aromatic amines is 1. The standard InChI is InChI=1S/C9H7ClN2O/c1-5-4-6-7(12-8(5)10)2-3-11-9(6)13/h2-4H,1H3,(H,11,13). The summed E-state index contributed by atoms with van der Waals surface area (Å²) in [6, 6.07) is 3.46. The molecule has 3 nitrogen and oxygen atoms in total. The van der Waals surface area contributed by atoms with Crippen molar-refractivity contribution in [3.8, 4) is 0 Å². The van der Waals surface area contributed by atoms with E-state index in [0.29, 0.717) is 16.1 Å². The molecule has 0 aromatic carbocycles. The van der Waals surface area contributed by atoms with E-state index in [4.69, 9.17) is 11.6 Å². The Morgan fingerprint density at radius 1 is 1.54 bits per heavy atom. The summed E-state index contributed by atoms with van der Waals surface area (Å²) in [7, 11) is 0. The second-order valence-electron chi connectivity index (χ2n) is 2.84. The first kappa shape index (κ1) is 8.26. The lowest BCUT2D eigenvalue weighted by molar-refractivity contribution is 1.24. The molecule has 0 radical (unpaired) electrons. The van der Waals surface area contributed by atoms with E-state index < -0.39 is 0 Å². The van der Waals surface area contributed by atoms with Crippen molar-refractivity contribution >= 4 is 22.5 Å². The average molecular weight is 195 g/mol. The molecule has 0 saturated carbocycles. The van der Waals surface area contributed by atoms with Crippen molar-refractivity contribution in [1.29, 1.82) is 0 Å². The number of fused-ring (bicyclic) bond motifs is 1. The van der Waals surface area contributed by atoms with Crippen LogP contribution in [0.1, 0.15) is 5.56 Å². The van der Waals surface area contributed by atoms with Crippen molar-refractivity contribution in [2.75, 3.05) is 0 Å². The van der Waals surface area contributed by atoms with Gasteiger partial charge in [0.15, 0.2) is 0 Å². The zero-order chi connectivity index (χ0) is 9.42. The van der Waals surface area contributed by atoms with Crippen LogP contribution in [0.2, 0.25) is 5.15 Å². The zero-order valence-electron chi connectivity index (χ0n) is 6.97. The summed E-state index contributed by atoms with van der Waals surface area (Å²) in [5.74, 6) is 0. The Morgan fingerprint density at radius 3 is 3.08 bits per heavy atom. The van der Waals surface area contributed by atoms with Crippen LogP contribution in [0, 0.1) is 6.92 Å². The number of aryl methyl sites for hydroxylation is 1. The Morgan fingerprint density at radius 2 is 2.31 bits per heavy atom. The molecule has 0 saturated heterocycles. The highest BCUT2D eigenvalue weighted by atomic mass is 35.5. The number of halogens is 1. The fourth-order valence-electron chi connectivity index (χ4n) is 1.19. The number of hydrogen-bond acceptors (Lipinski definition) is 2. The smallest absolute Gasteiger partial charge is 0.257 e. The topological polar surface area (TPSA) is 45.8 Å². The lowest BCUT2D eigenvalue weighted by Gasteiger charge is -1.99. The van der Waals surface area contributed by atoms with Crippen LogP contribution in [0.4, 0.5) is 0 Å². The molecule has 0 aliphatic heterocycles. The lowest BCUT2D eigenvalue weighted by atomic mass is 10.2. The molecule has 2 aromatic heterocycles. The first-order valence-electron chi connectivity index (χ1n) is 3.83. The van der Waals surface area contributed by atoms with Crippen molar-refractivity contribution in [1.82, 2.24) is 9.97 Å². The monoisotopic (exact) mass is 194 g/mol. The van der Waals surface area contributed by atoms with Crippen LogP contribution in [0.3, 0.4) is 0 Å². The predicted octanol–water partition coefficient (Wildman–Crippen LogP) is 1.88. The van der Waals surface area contributed by atoms with Gasteiger partial charge in [-0.15, -0.1) is 0 Å². The minimum atomic E-state index is -0.134. The Balaban J connectivity index is 2.97. The van der Waals surface area contributed by atoms with Gasteiger partial charge < -0.3 is 4.98 Å². The largest absolute Gasteiger partial charge is 0.328 e. The SMILES string of the molecule is Cc1cc2c(=O)[nH]ccc2nc1Cl. The molecule has 66 valence electrons. The van der Waals surface area contributed by atoms with Gasteiger partial charge in [0.1, 0.15) is 5.15 Å². The van der Waals surface area contributed by atoms with Gasteiger partial charge in [-0.3, -0.25) is 4.79 Å². The molecule has 2 rings (SSSR count). The summed E-state index contributed by atoms with van der Waals surface area (Å²) >= 11 is 5.82. The second-order valence-corrected chi connectivity index (χ2v) is 3.19. The molecule has 2 heterocycles. The first-order chi connectivity index (χ1) is 6.18. The normalized spacial score (nSPS) is 10.6. The predicted molar refractivity (Wildman–Crippen MR) is 52.1 cm³/mol. The van der Waals surface area contributed by atoms with E-state index in [1.807, 2.05) is 6.92 Å². The minimum absolute atomic E-state index is 0.134. The van der Waals surface area contributed by atoms with Crippen LogP contribution in [-0.2, 0) is 0 Å². The summed E-state index contributed by atoms with van der Waals surface area (Å²) in [5.41, 5.74) is 1.30. The summed E-state index contributed by atoms with van der Waals surface area (Å²) < 4.78 is 0. The molecule has 0 aliphatic rings. The highest BCUT2D eigenvalue weighted by Gasteiger charge is 2.02. The van der Waals surface area contributed by atoms with E-state index in [0.717, 1.165) is 5.56 Å². The maximum atomic E-state index is 11.3. The van der Waals surface area contributed by atoms with Crippen molar-refractivity contribution in [2.45, 2.75) is 6.92 Å². The zero-order valence-corrected chi connectivity index (χ0v) is 7.72. The van der Waals surface area contributed by atoms with Gasteiger partial charge in [0.2, 0.25) is 0 Å². The van der Waals surface area contributed by atoms with Gasteiger partial charge >= 0.3 is 0 Å². The third-order valence-electron chi connectivity index (χ3n) is 1.88. The van der Waals surface area contributed by atoms with Crippen molar-refractivity contribution in [3.05, 3.63) is 39.4 Å². The number of pyridine rings is 2. The molecule has 0 amide bonds. The molecule has 2 aromatic rings. The van der Waals surface area contributed by atoms with Crippen molar-refractivity contribution in [3.63, 3.8) is 0 Å². The number of H-pyrrole nitrogens is 1. The first-order valence-corrected chi connectivity index (χ1v) is 4.21. The van der Waals surface area contributed by atoms with E-state index in [1.165, 1.54) is 0 Å². The highest BCUT2D eigenvalue weighted by Crippen LogP contribution is 2.16. The molecule has 0 atom stereocenters. The van der Waals surface area contributed by atoms with Crippen molar-refractivity contribution < 1.29 is 0 Å². The fourth-order valence-corrected chi connectivity index (χ4v) is 1.33. The van der Waals surface area contributed by atoms with Crippen LogP contribution in [0.15, 0.2) is 23.1 Å². The maximum absolute atomic E-state index is 11.3. The average Bonchev–Trinajstić information content (AvgIpc) is 2.09. The van der Waals surface area contributed by atoms with E-state index in [2.05, 4.69) is 9.97 Å². The Labute approximate surface area is 79.4 Å². The third kappa shape index (κ3) is 1.31. The fraction of sp³-hybridized carbons (Fsp3) is 0.111. The van der Waals surface area contributed by atoms with Crippen molar-refractivity contribution in [2.24, 2.45) is 0 Å². The van der Waals surface area contributed by atoms with Gasteiger partial charge in [-0.05, 0) is 24.6 Å². The van der Waals surface area contributed by atoms with Crippen LogP contribution in [0.5, 0.6) is 0 Å². The van der Waals surface area contributed by atoms with E-state index >= 15 is 0 Å². The molecule has 1 N–H and O–H groups in total. The number of nitrogens with zero attached hydrogens (tertiary/aromatic N) is 1. The quantitative estimate of drug-likeness (QED) is 0.651.